The van der Waals surface area contributed by atoms with Crippen molar-refractivity contribution in [3.63, 3.8) is 0 Å². The number of carbonyl (C=O) groups is 1. The number of aryl methyl sites for hydroxylation is 1. The predicted molar refractivity (Wildman–Crippen MR) is 83.1 cm³/mol. The average molecular weight is 313 g/mol. The molecule has 6 heteroatoms. The molecule has 0 spiro atoms. The Hall–Kier alpha value is -3.02. The summed E-state index contributed by atoms with van der Waals surface area (Å²) in [5, 5.41) is 9.42. The minimum absolute atomic E-state index is 0.392. The second-order valence-electron chi connectivity index (χ2n) is 4.98. The molecule has 0 aliphatic rings. The third-order valence-electron chi connectivity index (χ3n) is 3.44. The van der Waals surface area contributed by atoms with Crippen LogP contribution in [0.2, 0.25) is 0 Å². The van der Waals surface area contributed by atoms with E-state index < -0.39 is 23.1 Å². The summed E-state index contributed by atoms with van der Waals surface area (Å²) in [5.74, 6) is -2.68. The van der Waals surface area contributed by atoms with Gasteiger partial charge in [-0.3, -0.25) is 9.89 Å². The van der Waals surface area contributed by atoms with Gasteiger partial charge >= 0.3 is 0 Å². The number of anilines is 1. The topological polar surface area (TPSA) is 57.8 Å². The Morgan fingerprint density at radius 2 is 1.70 bits per heavy atom. The first-order valence-corrected chi connectivity index (χ1v) is 6.93. The maximum Gasteiger partial charge on any atom is 0.261 e. The van der Waals surface area contributed by atoms with Crippen LogP contribution in [0, 0.1) is 18.6 Å². The number of nitrogens with one attached hydrogen (secondary N) is 2. The molecule has 0 fully saturated rings. The molecule has 2 N–H and O–H groups in total. The molecule has 2 aromatic carbocycles. The fourth-order valence-electron chi connectivity index (χ4n) is 2.29. The van der Waals surface area contributed by atoms with Crippen LogP contribution >= 0.6 is 0 Å². The molecular formula is C17H13F2N3O. The monoisotopic (exact) mass is 313 g/mol. The van der Waals surface area contributed by atoms with E-state index in [0.717, 1.165) is 17.7 Å². The van der Waals surface area contributed by atoms with Crippen LogP contribution in [0.15, 0.2) is 48.5 Å². The summed E-state index contributed by atoms with van der Waals surface area (Å²) < 4.78 is 27.5. The number of aromatic amines is 1. The third kappa shape index (κ3) is 2.83. The molecule has 0 unspecified atom stereocenters. The molecule has 1 amide bonds. The van der Waals surface area contributed by atoms with E-state index in [4.69, 9.17) is 0 Å². The van der Waals surface area contributed by atoms with Crippen LogP contribution in [0.1, 0.15) is 16.1 Å². The summed E-state index contributed by atoms with van der Waals surface area (Å²) in [4.78, 5) is 12.3. The SMILES string of the molecule is Cc1n[nH]c(-c2ccccc2)c1NC(=O)c1c(F)cccc1F. The van der Waals surface area contributed by atoms with E-state index in [1.807, 2.05) is 30.3 Å². The van der Waals surface area contributed by atoms with E-state index in [9.17, 15) is 13.6 Å². The highest BCUT2D eigenvalue weighted by atomic mass is 19.1. The van der Waals surface area contributed by atoms with Gasteiger partial charge < -0.3 is 5.32 Å². The zero-order chi connectivity index (χ0) is 16.4. The number of nitrogens with zero attached hydrogens (tertiary/aromatic N) is 1. The number of aromatic nitrogens is 2. The highest BCUT2D eigenvalue weighted by Crippen LogP contribution is 2.29. The number of carbonyl (C=O) groups excluding carboxylic acids is 1. The van der Waals surface area contributed by atoms with Crippen molar-refractivity contribution in [3.05, 3.63) is 71.4 Å². The second kappa shape index (κ2) is 6.00. The summed E-state index contributed by atoms with van der Waals surface area (Å²) in [6.07, 6.45) is 0. The van der Waals surface area contributed by atoms with Crippen molar-refractivity contribution < 1.29 is 13.6 Å². The molecule has 0 aliphatic heterocycles. The summed E-state index contributed by atoms with van der Waals surface area (Å²) in [7, 11) is 0. The number of amides is 1. The van der Waals surface area contributed by atoms with Crippen molar-refractivity contribution in [2.24, 2.45) is 0 Å². The van der Waals surface area contributed by atoms with Crippen molar-refractivity contribution in [1.29, 1.82) is 0 Å². The lowest BCUT2D eigenvalue weighted by atomic mass is 10.1. The Morgan fingerprint density at radius 1 is 1.04 bits per heavy atom. The maximum absolute atomic E-state index is 13.7. The highest BCUT2D eigenvalue weighted by Gasteiger charge is 2.20. The molecule has 4 nitrogen and oxygen atoms in total. The zero-order valence-corrected chi connectivity index (χ0v) is 12.2. The number of hydrogen-bond acceptors (Lipinski definition) is 2. The molecule has 116 valence electrons. The first-order valence-electron chi connectivity index (χ1n) is 6.93. The largest absolute Gasteiger partial charge is 0.318 e. The van der Waals surface area contributed by atoms with E-state index in [0.29, 0.717) is 17.1 Å². The molecule has 1 heterocycles. The van der Waals surface area contributed by atoms with E-state index in [1.54, 1.807) is 6.92 Å². The molecule has 0 saturated heterocycles. The maximum atomic E-state index is 13.7. The predicted octanol–water partition coefficient (Wildman–Crippen LogP) is 3.92. The molecule has 0 bridgehead atoms. The van der Waals surface area contributed by atoms with Crippen molar-refractivity contribution in [2.75, 3.05) is 5.32 Å². The minimum atomic E-state index is -0.912. The fourth-order valence-corrected chi connectivity index (χ4v) is 2.29. The molecule has 0 aliphatic carbocycles. The van der Waals surface area contributed by atoms with Gasteiger partial charge in [-0.1, -0.05) is 36.4 Å². The first-order chi connectivity index (χ1) is 11.1. The Bertz CT molecular complexity index is 839. The Kier molecular flexibility index (Phi) is 3.89. The molecule has 0 radical (unpaired) electrons. The molecular weight excluding hydrogens is 300 g/mol. The molecule has 23 heavy (non-hydrogen) atoms. The van der Waals surface area contributed by atoms with Gasteiger partial charge in [0.25, 0.3) is 5.91 Å². The van der Waals surface area contributed by atoms with Crippen LogP contribution in [0.4, 0.5) is 14.5 Å². The third-order valence-corrected chi connectivity index (χ3v) is 3.44. The van der Waals surface area contributed by atoms with E-state index in [1.165, 1.54) is 6.07 Å². The molecule has 3 aromatic rings. The Morgan fingerprint density at radius 3 is 2.35 bits per heavy atom. The normalized spacial score (nSPS) is 10.6. The van der Waals surface area contributed by atoms with Crippen LogP contribution < -0.4 is 5.32 Å². The van der Waals surface area contributed by atoms with Crippen molar-refractivity contribution in [3.8, 4) is 11.3 Å². The van der Waals surface area contributed by atoms with Crippen LogP contribution in [0.3, 0.4) is 0 Å². The number of halogens is 2. The molecule has 0 saturated carbocycles. The number of benzene rings is 2. The van der Waals surface area contributed by atoms with Crippen LogP contribution in [0.5, 0.6) is 0 Å². The summed E-state index contributed by atoms with van der Waals surface area (Å²) >= 11 is 0. The van der Waals surface area contributed by atoms with Crippen LogP contribution in [0.25, 0.3) is 11.3 Å². The zero-order valence-electron chi connectivity index (χ0n) is 12.2. The van der Waals surface area contributed by atoms with Gasteiger partial charge in [0, 0.05) is 5.56 Å². The van der Waals surface area contributed by atoms with Crippen LogP contribution in [-0.4, -0.2) is 16.1 Å². The first kappa shape index (κ1) is 14.9. The Labute approximate surface area is 131 Å². The molecule has 1 aromatic heterocycles. The van der Waals surface area contributed by atoms with Gasteiger partial charge in [-0.25, -0.2) is 8.78 Å². The van der Waals surface area contributed by atoms with E-state index in [2.05, 4.69) is 15.5 Å². The van der Waals surface area contributed by atoms with E-state index >= 15 is 0 Å². The van der Waals surface area contributed by atoms with Crippen molar-refractivity contribution in [2.45, 2.75) is 6.92 Å². The van der Waals surface area contributed by atoms with Gasteiger partial charge in [0.2, 0.25) is 0 Å². The fraction of sp³-hybridized carbons (Fsp3) is 0.0588. The lowest BCUT2D eigenvalue weighted by Gasteiger charge is -2.08. The Balaban J connectivity index is 1.98. The highest BCUT2D eigenvalue weighted by molar-refractivity contribution is 6.06. The van der Waals surface area contributed by atoms with Gasteiger partial charge in [0.1, 0.15) is 17.2 Å². The lowest BCUT2D eigenvalue weighted by molar-refractivity contribution is 0.101. The average Bonchev–Trinajstić information content (AvgIpc) is 2.89. The van der Waals surface area contributed by atoms with Gasteiger partial charge in [0.15, 0.2) is 0 Å². The van der Waals surface area contributed by atoms with Gasteiger partial charge in [-0.15, -0.1) is 0 Å². The lowest BCUT2D eigenvalue weighted by Crippen LogP contribution is -2.16. The van der Waals surface area contributed by atoms with Crippen molar-refractivity contribution in [1.82, 2.24) is 10.2 Å². The molecule has 3 rings (SSSR count). The smallest absolute Gasteiger partial charge is 0.261 e. The quantitative estimate of drug-likeness (QED) is 0.770. The summed E-state index contributed by atoms with van der Waals surface area (Å²) in [5.41, 5.74) is 1.68. The summed E-state index contributed by atoms with van der Waals surface area (Å²) in [6.45, 7) is 1.69. The second-order valence-corrected chi connectivity index (χ2v) is 4.98. The minimum Gasteiger partial charge on any atom is -0.318 e. The number of hydrogen-bond donors (Lipinski definition) is 2. The van der Waals surface area contributed by atoms with Crippen LogP contribution in [-0.2, 0) is 0 Å². The van der Waals surface area contributed by atoms with Crippen molar-refractivity contribution >= 4 is 11.6 Å². The molecule has 0 atom stereocenters. The van der Waals surface area contributed by atoms with E-state index in [-0.39, 0.29) is 0 Å². The van der Waals surface area contributed by atoms with Gasteiger partial charge in [-0.2, -0.15) is 5.10 Å². The standard InChI is InChI=1S/C17H13F2N3O/c1-10-15(16(22-21-10)11-6-3-2-4-7-11)20-17(23)14-12(18)8-5-9-13(14)19/h2-9H,1H3,(H,20,23)(H,21,22). The van der Waals surface area contributed by atoms with Gasteiger partial charge in [-0.05, 0) is 19.1 Å². The van der Waals surface area contributed by atoms with Gasteiger partial charge in [0.05, 0.1) is 17.1 Å². The number of H-pyrrole nitrogens is 1. The summed E-state index contributed by atoms with van der Waals surface area (Å²) in [6, 6.07) is 12.5. The number of rotatable bonds is 3.